The third-order valence-corrected chi connectivity index (χ3v) is 4.46. The van der Waals surface area contributed by atoms with E-state index in [0.29, 0.717) is 24.8 Å². The number of likely N-dealkylation sites (N-methyl/N-ethyl adjacent to an activating group) is 1. The summed E-state index contributed by atoms with van der Waals surface area (Å²) in [4.78, 5) is 17.9. The first kappa shape index (κ1) is 28.3. The predicted octanol–water partition coefficient (Wildman–Crippen LogP) is 3.30. The van der Waals surface area contributed by atoms with Crippen LogP contribution in [-0.2, 0) is 11.3 Å². The first-order valence-corrected chi connectivity index (χ1v) is 10.7. The van der Waals surface area contributed by atoms with Gasteiger partial charge in [-0.2, -0.15) is 0 Å². The Balaban J connectivity index is 0.00000544. The standard InChI is InChI=1S/C24H34N4O4.HI/c1-6-25-24(26-15-18(2)32-22-12-8-10-20(14-22)30-5)27-16-19-9-7-11-21(13-19)31-17-23(29)28(3)4;/h7-14,18H,6,15-17H2,1-5H3,(H2,25,26,27);1H. The zero-order valence-corrected chi connectivity index (χ0v) is 22.3. The molecule has 2 aromatic carbocycles. The van der Waals surface area contributed by atoms with Gasteiger partial charge in [0.1, 0.15) is 23.4 Å². The summed E-state index contributed by atoms with van der Waals surface area (Å²) in [6, 6.07) is 15.1. The monoisotopic (exact) mass is 570 g/mol. The molecule has 2 N–H and O–H groups in total. The summed E-state index contributed by atoms with van der Waals surface area (Å²) in [6.45, 7) is 5.81. The molecule has 2 rings (SSSR count). The highest BCUT2D eigenvalue weighted by molar-refractivity contribution is 14.0. The minimum absolute atomic E-state index is 0. The highest BCUT2D eigenvalue weighted by Gasteiger charge is 2.08. The van der Waals surface area contributed by atoms with E-state index in [1.165, 1.54) is 4.90 Å². The van der Waals surface area contributed by atoms with E-state index in [1.54, 1.807) is 21.2 Å². The van der Waals surface area contributed by atoms with Crippen LogP contribution in [0.5, 0.6) is 17.2 Å². The van der Waals surface area contributed by atoms with Crippen LogP contribution in [-0.4, -0.2) is 63.8 Å². The fourth-order valence-electron chi connectivity index (χ4n) is 2.71. The van der Waals surface area contributed by atoms with Gasteiger partial charge in [-0.25, -0.2) is 4.99 Å². The summed E-state index contributed by atoms with van der Waals surface area (Å²) in [6.07, 6.45) is -0.0723. The summed E-state index contributed by atoms with van der Waals surface area (Å²) in [5.41, 5.74) is 0.984. The minimum Gasteiger partial charge on any atom is -0.497 e. The fraction of sp³-hybridized carbons (Fsp3) is 0.417. The van der Waals surface area contributed by atoms with Crippen molar-refractivity contribution in [2.45, 2.75) is 26.5 Å². The molecule has 0 spiro atoms. The first-order valence-electron chi connectivity index (χ1n) is 10.7. The Hall–Kier alpha value is -2.69. The Bertz CT molecular complexity index is 892. The Labute approximate surface area is 213 Å². The number of hydrogen-bond donors (Lipinski definition) is 2. The summed E-state index contributed by atoms with van der Waals surface area (Å²) in [7, 11) is 5.04. The maximum absolute atomic E-state index is 11.7. The molecular formula is C24H35IN4O4. The average molecular weight is 570 g/mol. The molecule has 0 bridgehead atoms. The molecule has 182 valence electrons. The number of benzene rings is 2. The van der Waals surface area contributed by atoms with Gasteiger partial charge in [0.05, 0.1) is 20.2 Å². The van der Waals surface area contributed by atoms with E-state index in [2.05, 4.69) is 15.6 Å². The van der Waals surface area contributed by atoms with E-state index in [1.807, 2.05) is 62.4 Å². The lowest BCUT2D eigenvalue weighted by Crippen LogP contribution is -2.41. The quantitative estimate of drug-likeness (QED) is 0.245. The smallest absolute Gasteiger partial charge is 0.259 e. The topological polar surface area (TPSA) is 84.4 Å². The molecule has 33 heavy (non-hydrogen) atoms. The molecule has 0 saturated heterocycles. The van der Waals surface area contributed by atoms with E-state index in [-0.39, 0.29) is 42.6 Å². The van der Waals surface area contributed by atoms with Crippen molar-refractivity contribution in [2.75, 3.05) is 40.9 Å². The van der Waals surface area contributed by atoms with Crippen LogP contribution in [0, 0.1) is 0 Å². The molecule has 1 unspecified atom stereocenters. The molecule has 2 aromatic rings. The van der Waals surface area contributed by atoms with E-state index in [9.17, 15) is 4.79 Å². The van der Waals surface area contributed by atoms with Crippen molar-refractivity contribution in [3.05, 3.63) is 54.1 Å². The van der Waals surface area contributed by atoms with Gasteiger partial charge in [0.15, 0.2) is 12.6 Å². The lowest BCUT2D eigenvalue weighted by molar-refractivity contribution is -0.130. The van der Waals surface area contributed by atoms with Gasteiger partial charge in [-0.05, 0) is 43.7 Å². The second kappa shape index (κ2) is 15.2. The zero-order chi connectivity index (χ0) is 23.3. The number of guanidine groups is 1. The van der Waals surface area contributed by atoms with Crippen LogP contribution in [0.4, 0.5) is 0 Å². The van der Waals surface area contributed by atoms with E-state index in [4.69, 9.17) is 14.2 Å². The molecule has 0 radical (unpaired) electrons. The SMILES string of the molecule is CCNC(=NCc1cccc(OCC(=O)N(C)C)c1)NCC(C)Oc1cccc(OC)c1.I. The third-order valence-electron chi connectivity index (χ3n) is 4.46. The molecule has 0 aliphatic rings. The van der Waals surface area contributed by atoms with Crippen molar-refractivity contribution in [1.29, 1.82) is 0 Å². The molecule has 1 amide bonds. The van der Waals surface area contributed by atoms with Gasteiger partial charge in [-0.3, -0.25) is 4.79 Å². The van der Waals surface area contributed by atoms with Gasteiger partial charge in [0.25, 0.3) is 5.91 Å². The van der Waals surface area contributed by atoms with Crippen molar-refractivity contribution in [3.63, 3.8) is 0 Å². The van der Waals surface area contributed by atoms with Crippen molar-refractivity contribution >= 4 is 35.8 Å². The Morgan fingerprint density at radius 2 is 1.76 bits per heavy atom. The van der Waals surface area contributed by atoms with Gasteiger partial charge in [-0.15, -0.1) is 24.0 Å². The summed E-state index contributed by atoms with van der Waals surface area (Å²) in [5, 5.41) is 6.55. The second-order valence-corrected chi connectivity index (χ2v) is 7.41. The van der Waals surface area contributed by atoms with E-state index >= 15 is 0 Å². The van der Waals surface area contributed by atoms with Crippen molar-refractivity contribution < 1.29 is 19.0 Å². The summed E-state index contributed by atoms with van der Waals surface area (Å²) in [5.74, 6) is 2.77. The van der Waals surface area contributed by atoms with Crippen molar-refractivity contribution in [1.82, 2.24) is 15.5 Å². The second-order valence-electron chi connectivity index (χ2n) is 7.41. The maximum atomic E-state index is 11.7. The number of ether oxygens (including phenoxy) is 3. The molecule has 0 aromatic heterocycles. The molecule has 0 aliphatic heterocycles. The third kappa shape index (κ3) is 10.6. The van der Waals surface area contributed by atoms with Gasteiger partial charge >= 0.3 is 0 Å². The molecule has 0 heterocycles. The number of nitrogens with zero attached hydrogens (tertiary/aromatic N) is 2. The number of halogens is 1. The Kier molecular flexibility index (Phi) is 13.1. The summed E-state index contributed by atoms with van der Waals surface area (Å²) >= 11 is 0. The number of aliphatic imine (C=N–C) groups is 1. The van der Waals surface area contributed by atoms with Crippen molar-refractivity contribution in [2.24, 2.45) is 4.99 Å². The number of hydrogen-bond acceptors (Lipinski definition) is 5. The van der Waals surface area contributed by atoms with Crippen LogP contribution in [0.3, 0.4) is 0 Å². The van der Waals surface area contributed by atoms with Gasteiger partial charge in [-0.1, -0.05) is 18.2 Å². The molecule has 0 saturated carbocycles. The molecule has 0 aliphatic carbocycles. The number of carbonyl (C=O) groups excluding carboxylic acids is 1. The molecule has 8 nitrogen and oxygen atoms in total. The molecular weight excluding hydrogens is 535 g/mol. The van der Waals surface area contributed by atoms with E-state index < -0.39 is 0 Å². The van der Waals surface area contributed by atoms with Crippen molar-refractivity contribution in [3.8, 4) is 17.2 Å². The normalized spacial score (nSPS) is 11.6. The predicted molar refractivity (Wildman–Crippen MR) is 142 cm³/mol. The van der Waals surface area contributed by atoms with E-state index in [0.717, 1.165) is 23.6 Å². The fourth-order valence-corrected chi connectivity index (χ4v) is 2.71. The largest absolute Gasteiger partial charge is 0.497 e. The lowest BCUT2D eigenvalue weighted by Gasteiger charge is -2.18. The Morgan fingerprint density at radius 3 is 2.45 bits per heavy atom. The number of rotatable bonds is 11. The van der Waals surface area contributed by atoms with Crippen LogP contribution in [0.1, 0.15) is 19.4 Å². The summed E-state index contributed by atoms with van der Waals surface area (Å²) < 4.78 is 16.8. The zero-order valence-electron chi connectivity index (χ0n) is 20.0. The average Bonchev–Trinajstić information content (AvgIpc) is 2.79. The molecule has 9 heteroatoms. The van der Waals surface area contributed by atoms with Crippen LogP contribution < -0.4 is 24.8 Å². The first-order chi connectivity index (χ1) is 15.4. The van der Waals surface area contributed by atoms with Gasteiger partial charge < -0.3 is 29.7 Å². The number of amides is 1. The maximum Gasteiger partial charge on any atom is 0.259 e. The lowest BCUT2D eigenvalue weighted by atomic mass is 10.2. The van der Waals surface area contributed by atoms with Crippen LogP contribution >= 0.6 is 24.0 Å². The van der Waals surface area contributed by atoms with Gasteiger partial charge in [0, 0.05) is 26.7 Å². The van der Waals surface area contributed by atoms with Crippen LogP contribution in [0.25, 0.3) is 0 Å². The highest BCUT2D eigenvalue weighted by Crippen LogP contribution is 2.19. The van der Waals surface area contributed by atoms with Crippen LogP contribution in [0.2, 0.25) is 0 Å². The Morgan fingerprint density at radius 1 is 1.06 bits per heavy atom. The van der Waals surface area contributed by atoms with Gasteiger partial charge in [0.2, 0.25) is 0 Å². The number of nitrogens with one attached hydrogen (secondary N) is 2. The molecule has 1 atom stereocenters. The minimum atomic E-state index is -0.0858. The van der Waals surface area contributed by atoms with Crippen LogP contribution in [0.15, 0.2) is 53.5 Å². The number of methoxy groups -OCH3 is 1. The highest BCUT2D eigenvalue weighted by atomic mass is 127. The molecule has 0 fully saturated rings. The number of carbonyl (C=O) groups is 1.